The molecule has 18 heavy (non-hydrogen) atoms. The molecule has 0 bridgehead atoms. The van der Waals surface area contributed by atoms with Gasteiger partial charge in [0, 0.05) is 5.56 Å². The van der Waals surface area contributed by atoms with Gasteiger partial charge in [-0.15, -0.1) is 0 Å². The van der Waals surface area contributed by atoms with E-state index in [1.54, 1.807) is 13.0 Å². The predicted molar refractivity (Wildman–Crippen MR) is 70.0 cm³/mol. The lowest BCUT2D eigenvalue weighted by atomic mass is 9.93. The summed E-state index contributed by atoms with van der Waals surface area (Å²) in [6.07, 6.45) is 0.643. The molecule has 1 unspecified atom stereocenters. The predicted octanol–water partition coefficient (Wildman–Crippen LogP) is 3.11. The molecule has 0 radical (unpaired) electrons. The molecule has 0 aromatic heterocycles. The van der Waals surface area contributed by atoms with Gasteiger partial charge in [-0.3, -0.25) is 4.79 Å². The summed E-state index contributed by atoms with van der Waals surface area (Å²) in [5.74, 6) is -0.585. The second kappa shape index (κ2) is 5.96. The number of hydrogen-bond donors (Lipinski definition) is 1. The van der Waals surface area contributed by atoms with Crippen LogP contribution in [-0.4, -0.2) is 25.3 Å². The largest absolute Gasteiger partial charge is 0.493 e. The third-order valence-electron chi connectivity index (χ3n) is 2.93. The van der Waals surface area contributed by atoms with Crippen LogP contribution in [0, 0.1) is 0 Å². The van der Waals surface area contributed by atoms with E-state index >= 15 is 0 Å². The maximum absolute atomic E-state index is 11.1. The van der Waals surface area contributed by atoms with E-state index in [-0.39, 0.29) is 0 Å². The highest BCUT2D eigenvalue weighted by molar-refractivity contribution is 6.32. The summed E-state index contributed by atoms with van der Waals surface area (Å²) in [6, 6.07) is 1.64. The summed E-state index contributed by atoms with van der Waals surface area (Å²) in [7, 11) is 3.02. The lowest BCUT2D eigenvalue weighted by Gasteiger charge is -2.19. The molecule has 0 aliphatic carbocycles. The number of aliphatic carboxylic acids is 1. The average Bonchev–Trinajstić information content (AvgIpc) is 2.35. The third-order valence-corrected chi connectivity index (χ3v) is 3.21. The summed E-state index contributed by atoms with van der Waals surface area (Å²) >= 11 is 6.09. The zero-order valence-electron chi connectivity index (χ0n) is 10.9. The number of hydrogen-bond acceptors (Lipinski definition) is 3. The average molecular weight is 273 g/mol. The van der Waals surface area contributed by atoms with E-state index in [1.165, 1.54) is 14.2 Å². The summed E-state index contributed by atoms with van der Waals surface area (Å²) in [5, 5.41) is 9.48. The molecule has 0 amide bonds. The number of ether oxygens (including phenoxy) is 2. The molecule has 0 spiro atoms. The van der Waals surface area contributed by atoms with E-state index in [9.17, 15) is 4.79 Å². The number of benzene rings is 1. The fourth-order valence-electron chi connectivity index (χ4n) is 1.96. The summed E-state index contributed by atoms with van der Waals surface area (Å²) in [6.45, 7) is 3.56. The van der Waals surface area contributed by atoms with E-state index in [4.69, 9.17) is 26.2 Å². The van der Waals surface area contributed by atoms with Gasteiger partial charge >= 0.3 is 5.97 Å². The first kappa shape index (κ1) is 14.6. The molecule has 0 aliphatic rings. The normalized spacial score (nSPS) is 12.1. The molecule has 1 atom stereocenters. The standard InChI is InChI=1S/C13H17ClO4/c1-5-8-9(7(2)13(15)16)6-10(14)12(18-4)11(8)17-3/h6-7H,5H2,1-4H3,(H,15,16). The molecule has 1 aromatic carbocycles. The minimum Gasteiger partial charge on any atom is -0.493 e. The Morgan fingerprint density at radius 3 is 2.33 bits per heavy atom. The highest BCUT2D eigenvalue weighted by Gasteiger charge is 2.24. The van der Waals surface area contributed by atoms with Crippen molar-refractivity contribution < 1.29 is 19.4 Å². The van der Waals surface area contributed by atoms with E-state index in [0.29, 0.717) is 28.5 Å². The molecule has 0 aliphatic heterocycles. The molecule has 4 nitrogen and oxygen atoms in total. The van der Waals surface area contributed by atoms with Gasteiger partial charge in [-0.25, -0.2) is 0 Å². The van der Waals surface area contributed by atoms with Crippen LogP contribution in [0.5, 0.6) is 11.5 Å². The Morgan fingerprint density at radius 2 is 1.94 bits per heavy atom. The van der Waals surface area contributed by atoms with Gasteiger partial charge in [-0.2, -0.15) is 0 Å². The third kappa shape index (κ3) is 2.53. The van der Waals surface area contributed by atoms with E-state index in [0.717, 1.165) is 5.56 Å². The Bertz CT molecular complexity index is 457. The second-order valence-corrected chi connectivity index (χ2v) is 4.31. The number of carboxylic acids is 1. The van der Waals surface area contributed by atoms with Gasteiger partial charge < -0.3 is 14.6 Å². The molecule has 1 N–H and O–H groups in total. The van der Waals surface area contributed by atoms with Crippen LogP contribution >= 0.6 is 11.6 Å². The maximum atomic E-state index is 11.1. The van der Waals surface area contributed by atoms with E-state index in [1.807, 2.05) is 6.92 Å². The lowest BCUT2D eigenvalue weighted by molar-refractivity contribution is -0.138. The SMILES string of the molecule is CCc1c(C(C)C(=O)O)cc(Cl)c(OC)c1OC. The Kier molecular flexibility index (Phi) is 4.84. The molecule has 5 heteroatoms. The second-order valence-electron chi connectivity index (χ2n) is 3.91. The summed E-state index contributed by atoms with van der Waals surface area (Å²) in [5.41, 5.74) is 1.47. The smallest absolute Gasteiger partial charge is 0.310 e. The molecular weight excluding hydrogens is 256 g/mol. The van der Waals surface area contributed by atoms with Crippen LogP contribution in [0.2, 0.25) is 5.02 Å². The fourth-order valence-corrected chi connectivity index (χ4v) is 2.24. The number of rotatable bonds is 5. The van der Waals surface area contributed by atoms with Crippen molar-refractivity contribution in [3.05, 3.63) is 22.2 Å². The van der Waals surface area contributed by atoms with Gasteiger partial charge in [0.05, 0.1) is 25.2 Å². The van der Waals surface area contributed by atoms with Crippen molar-refractivity contribution in [1.29, 1.82) is 0 Å². The Morgan fingerprint density at radius 1 is 1.39 bits per heavy atom. The van der Waals surface area contributed by atoms with E-state index in [2.05, 4.69) is 0 Å². The number of carboxylic acid groups (broad SMARTS) is 1. The molecule has 0 saturated heterocycles. The Labute approximate surface area is 111 Å². The first-order valence-electron chi connectivity index (χ1n) is 5.63. The highest BCUT2D eigenvalue weighted by atomic mass is 35.5. The zero-order chi connectivity index (χ0) is 13.9. The van der Waals surface area contributed by atoms with Crippen molar-refractivity contribution >= 4 is 17.6 Å². The monoisotopic (exact) mass is 272 g/mol. The van der Waals surface area contributed by atoms with Gasteiger partial charge in [0.2, 0.25) is 0 Å². The zero-order valence-corrected chi connectivity index (χ0v) is 11.7. The van der Waals surface area contributed by atoms with Crippen molar-refractivity contribution in [1.82, 2.24) is 0 Å². The highest BCUT2D eigenvalue weighted by Crippen LogP contribution is 2.42. The Balaban J connectivity index is 3.53. The molecular formula is C13H17ClO4. The van der Waals surface area contributed by atoms with Gasteiger partial charge in [-0.1, -0.05) is 18.5 Å². The van der Waals surface area contributed by atoms with Crippen LogP contribution in [0.15, 0.2) is 6.07 Å². The molecule has 0 fully saturated rings. The van der Waals surface area contributed by atoms with E-state index < -0.39 is 11.9 Å². The topological polar surface area (TPSA) is 55.8 Å². The van der Waals surface area contributed by atoms with Crippen LogP contribution in [0.3, 0.4) is 0 Å². The minimum atomic E-state index is -0.895. The number of methoxy groups -OCH3 is 2. The maximum Gasteiger partial charge on any atom is 0.310 e. The van der Waals surface area contributed by atoms with Crippen molar-refractivity contribution in [2.45, 2.75) is 26.2 Å². The number of halogens is 1. The van der Waals surface area contributed by atoms with Crippen molar-refractivity contribution in [2.24, 2.45) is 0 Å². The molecule has 1 aromatic rings. The van der Waals surface area contributed by atoms with Crippen LogP contribution in [0.4, 0.5) is 0 Å². The lowest BCUT2D eigenvalue weighted by Crippen LogP contribution is -2.11. The molecule has 0 saturated carbocycles. The van der Waals surface area contributed by atoms with Crippen LogP contribution in [-0.2, 0) is 11.2 Å². The quantitative estimate of drug-likeness (QED) is 0.895. The van der Waals surface area contributed by atoms with Crippen LogP contribution in [0.1, 0.15) is 30.9 Å². The molecule has 0 heterocycles. The van der Waals surface area contributed by atoms with Gasteiger partial charge in [0.25, 0.3) is 0 Å². The first-order valence-corrected chi connectivity index (χ1v) is 6.01. The van der Waals surface area contributed by atoms with Gasteiger partial charge in [0.15, 0.2) is 11.5 Å². The molecule has 100 valence electrons. The van der Waals surface area contributed by atoms with Crippen molar-refractivity contribution in [3.8, 4) is 11.5 Å². The minimum absolute atomic E-state index is 0.356. The summed E-state index contributed by atoms with van der Waals surface area (Å²) in [4.78, 5) is 11.1. The van der Waals surface area contributed by atoms with Gasteiger partial charge in [-0.05, 0) is 25.0 Å². The summed E-state index contributed by atoms with van der Waals surface area (Å²) < 4.78 is 10.5. The van der Waals surface area contributed by atoms with Crippen molar-refractivity contribution in [3.63, 3.8) is 0 Å². The van der Waals surface area contributed by atoms with Gasteiger partial charge in [0.1, 0.15) is 0 Å². The van der Waals surface area contributed by atoms with Crippen LogP contribution < -0.4 is 9.47 Å². The first-order chi connectivity index (χ1) is 8.47. The Hall–Kier alpha value is -1.42. The van der Waals surface area contributed by atoms with Crippen LogP contribution in [0.25, 0.3) is 0 Å². The fraction of sp³-hybridized carbons (Fsp3) is 0.462. The molecule has 1 rings (SSSR count). The number of carbonyl (C=O) groups is 1. The van der Waals surface area contributed by atoms with Crippen molar-refractivity contribution in [2.75, 3.05) is 14.2 Å².